The zero-order chi connectivity index (χ0) is 23.5. The van der Waals surface area contributed by atoms with Gasteiger partial charge in [-0.2, -0.15) is 17.5 Å². The molecule has 1 heterocycles. The SMILES string of the molecule is O=C(CCOc1ccccc1F)N1CCN(S(=O)(=O)c2ccc(Cl)c(C(F)(F)F)c2)CC1. The Labute approximate surface area is 187 Å². The van der Waals surface area contributed by atoms with E-state index in [2.05, 4.69) is 0 Å². The van der Waals surface area contributed by atoms with Gasteiger partial charge >= 0.3 is 6.18 Å². The summed E-state index contributed by atoms with van der Waals surface area (Å²) >= 11 is 5.56. The lowest BCUT2D eigenvalue weighted by Gasteiger charge is -2.34. The molecule has 0 unspecified atom stereocenters. The van der Waals surface area contributed by atoms with E-state index in [0.29, 0.717) is 6.07 Å². The molecule has 174 valence electrons. The van der Waals surface area contributed by atoms with Crippen LogP contribution in [-0.4, -0.2) is 56.3 Å². The number of piperazine rings is 1. The smallest absolute Gasteiger partial charge is 0.417 e. The molecule has 0 N–H and O–H groups in total. The van der Waals surface area contributed by atoms with Gasteiger partial charge in [0.15, 0.2) is 11.6 Å². The van der Waals surface area contributed by atoms with Crippen molar-refractivity contribution < 1.29 is 35.5 Å². The van der Waals surface area contributed by atoms with E-state index >= 15 is 0 Å². The number of carbonyl (C=O) groups excluding carboxylic acids is 1. The molecular formula is C20H19ClF4N2O4S. The van der Waals surface area contributed by atoms with E-state index in [1.807, 2.05) is 0 Å². The Bertz CT molecular complexity index is 1090. The molecule has 0 atom stereocenters. The molecule has 1 fully saturated rings. The zero-order valence-electron chi connectivity index (χ0n) is 16.6. The maximum Gasteiger partial charge on any atom is 0.417 e. The number of benzene rings is 2. The first-order valence-electron chi connectivity index (χ1n) is 9.52. The van der Waals surface area contributed by atoms with Crippen LogP contribution in [0, 0.1) is 5.82 Å². The maximum absolute atomic E-state index is 13.5. The van der Waals surface area contributed by atoms with Gasteiger partial charge in [-0.05, 0) is 30.3 Å². The van der Waals surface area contributed by atoms with Crippen LogP contribution in [0.1, 0.15) is 12.0 Å². The van der Waals surface area contributed by atoms with Crippen molar-refractivity contribution in [2.75, 3.05) is 32.8 Å². The van der Waals surface area contributed by atoms with Gasteiger partial charge in [-0.3, -0.25) is 4.79 Å². The molecule has 6 nitrogen and oxygen atoms in total. The Morgan fingerprint density at radius 1 is 1.06 bits per heavy atom. The van der Waals surface area contributed by atoms with Crippen molar-refractivity contribution >= 4 is 27.5 Å². The summed E-state index contributed by atoms with van der Waals surface area (Å²) in [5.74, 6) is -0.823. The van der Waals surface area contributed by atoms with Gasteiger partial charge in [0.05, 0.1) is 28.5 Å². The molecule has 2 aromatic carbocycles. The van der Waals surface area contributed by atoms with Crippen molar-refractivity contribution in [2.45, 2.75) is 17.5 Å². The second-order valence-electron chi connectivity index (χ2n) is 6.95. The lowest BCUT2D eigenvalue weighted by atomic mass is 10.2. The van der Waals surface area contributed by atoms with Crippen LogP contribution in [0.4, 0.5) is 17.6 Å². The van der Waals surface area contributed by atoms with Crippen molar-refractivity contribution in [3.05, 3.63) is 58.9 Å². The van der Waals surface area contributed by atoms with Crippen molar-refractivity contribution in [3.63, 3.8) is 0 Å². The van der Waals surface area contributed by atoms with Crippen LogP contribution in [-0.2, 0) is 21.0 Å². The number of amides is 1. The first-order valence-corrected chi connectivity index (χ1v) is 11.3. The molecule has 0 spiro atoms. The number of alkyl halides is 3. The summed E-state index contributed by atoms with van der Waals surface area (Å²) in [6, 6.07) is 8.19. The van der Waals surface area contributed by atoms with Gasteiger partial charge in [0, 0.05) is 26.2 Å². The molecule has 0 aliphatic carbocycles. The van der Waals surface area contributed by atoms with Crippen molar-refractivity contribution in [1.82, 2.24) is 9.21 Å². The minimum Gasteiger partial charge on any atom is -0.490 e. The number of para-hydroxylation sites is 1. The number of rotatable bonds is 6. The molecule has 12 heteroatoms. The first kappa shape index (κ1) is 24.3. The van der Waals surface area contributed by atoms with E-state index in [1.54, 1.807) is 6.07 Å². The van der Waals surface area contributed by atoms with Crippen LogP contribution in [0.5, 0.6) is 5.75 Å². The molecule has 0 radical (unpaired) electrons. The summed E-state index contributed by atoms with van der Waals surface area (Å²) in [7, 11) is -4.20. The topological polar surface area (TPSA) is 66.9 Å². The van der Waals surface area contributed by atoms with Gasteiger partial charge < -0.3 is 9.64 Å². The first-order chi connectivity index (χ1) is 15.0. The molecule has 1 aliphatic rings. The average Bonchev–Trinajstić information content (AvgIpc) is 2.74. The fraction of sp³-hybridized carbons (Fsp3) is 0.350. The molecule has 1 aliphatic heterocycles. The summed E-state index contributed by atoms with van der Waals surface area (Å²) in [5.41, 5.74) is -1.23. The van der Waals surface area contributed by atoms with Crippen molar-refractivity contribution in [1.29, 1.82) is 0 Å². The molecule has 32 heavy (non-hydrogen) atoms. The minimum atomic E-state index is -4.79. The van der Waals surface area contributed by atoms with E-state index in [4.69, 9.17) is 16.3 Å². The number of carbonyl (C=O) groups is 1. The van der Waals surface area contributed by atoms with Crippen LogP contribution in [0.25, 0.3) is 0 Å². The van der Waals surface area contributed by atoms with Gasteiger partial charge in [0.25, 0.3) is 0 Å². The summed E-state index contributed by atoms with van der Waals surface area (Å²) < 4.78 is 84.5. The number of hydrogen-bond donors (Lipinski definition) is 0. The van der Waals surface area contributed by atoms with Gasteiger partial charge in [-0.25, -0.2) is 12.8 Å². The lowest BCUT2D eigenvalue weighted by molar-refractivity contribution is -0.137. The third kappa shape index (κ3) is 5.51. The van der Waals surface area contributed by atoms with Gasteiger partial charge in [-0.15, -0.1) is 0 Å². The predicted octanol–water partition coefficient (Wildman–Crippen LogP) is 3.80. The predicted molar refractivity (Wildman–Crippen MR) is 108 cm³/mol. The molecule has 0 saturated carbocycles. The van der Waals surface area contributed by atoms with Crippen molar-refractivity contribution in [3.8, 4) is 5.75 Å². The molecule has 0 aromatic heterocycles. The Kier molecular flexibility index (Phi) is 7.31. The Morgan fingerprint density at radius 3 is 2.34 bits per heavy atom. The molecule has 0 bridgehead atoms. The van der Waals surface area contributed by atoms with Gasteiger partial charge in [0.2, 0.25) is 15.9 Å². The normalized spacial score (nSPS) is 15.6. The summed E-state index contributed by atoms with van der Waals surface area (Å²) in [6.07, 6.45) is -4.83. The van der Waals surface area contributed by atoms with Gasteiger partial charge in [-0.1, -0.05) is 23.7 Å². The lowest BCUT2D eigenvalue weighted by Crippen LogP contribution is -2.50. The average molecular weight is 495 g/mol. The van der Waals surface area contributed by atoms with Crippen LogP contribution in [0.2, 0.25) is 5.02 Å². The highest BCUT2D eigenvalue weighted by Gasteiger charge is 2.36. The summed E-state index contributed by atoms with van der Waals surface area (Å²) in [4.78, 5) is 13.2. The Balaban J connectivity index is 1.58. The number of ether oxygens (including phenoxy) is 1. The maximum atomic E-state index is 13.5. The number of nitrogens with zero attached hydrogens (tertiary/aromatic N) is 2. The summed E-state index contributed by atoms with van der Waals surface area (Å²) in [5, 5.41) is -0.593. The van der Waals surface area contributed by atoms with Crippen LogP contribution in [0.15, 0.2) is 47.4 Å². The highest BCUT2D eigenvalue weighted by Crippen LogP contribution is 2.36. The van der Waals surface area contributed by atoms with E-state index in [0.717, 1.165) is 16.4 Å². The quantitative estimate of drug-likeness (QED) is 0.573. The zero-order valence-corrected chi connectivity index (χ0v) is 18.2. The number of hydrogen-bond acceptors (Lipinski definition) is 4. The standard InChI is InChI=1S/C20H19ClF4N2O4S/c21-16-6-5-14(13-15(16)20(23,24)25)32(29,30)27-10-8-26(9-11-27)19(28)7-12-31-18-4-2-1-3-17(18)22/h1-6,13H,7-12H2. The molecular weight excluding hydrogens is 476 g/mol. The summed E-state index contributed by atoms with van der Waals surface area (Å²) in [6.45, 7) is -0.0727. The Morgan fingerprint density at radius 2 is 1.72 bits per heavy atom. The monoisotopic (exact) mass is 494 g/mol. The van der Waals surface area contributed by atoms with Crippen molar-refractivity contribution in [2.24, 2.45) is 0 Å². The fourth-order valence-corrected chi connectivity index (χ4v) is 4.85. The number of sulfonamides is 1. The van der Waals surface area contributed by atoms with Crippen LogP contribution in [0.3, 0.4) is 0 Å². The van der Waals surface area contributed by atoms with E-state index in [9.17, 15) is 30.8 Å². The minimum absolute atomic E-state index is 0.0254. The largest absolute Gasteiger partial charge is 0.490 e. The molecule has 1 amide bonds. The third-order valence-corrected chi connectivity index (χ3v) is 7.11. The Hall–Kier alpha value is -2.37. The van der Waals surface area contributed by atoms with E-state index in [1.165, 1.54) is 23.1 Å². The highest BCUT2D eigenvalue weighted by molar-refractivity contribution is 7.89. The van der Waals surface area contributed by atoms with E-state index < -0.39 is 37.5 Å². The molecule has 2 aromatic rings. The molecule has 3 rings (SSSR count). The van der Waals surface area contributed by atoms with Gasteiger partial charge in [0.1, 0.15) is 0 Å². The fourth-order valence-electron chi connectivity index (χ4n) is 3.18. The van der Waals surface area contributed by atoms with E-state index in [-0.39, 0.29) is 50.9 Å². The third-order valence-electron chi connectivity index (χ3n) is 4.88. The van der Waals surface area contributed by atoms with Crippen LogP contribution < -0.4 is 4.74 Å². The second-order valence-corrected chi connectivity index (χ2v) is 9.30. The second kappa shape index (κ2) is 9.63. The molecule has 1 saturated heterocycles. The van der Waals surface area contributed by atoms with Crippen LogP contribution >= 0.6 is 11.6 Å². The highest BCUT2D eigenvalue weighted by atomic mass is 35.5. The number of halogens is 5.